The number of methoxy groups -OCH3 is 1. The third-order valence-electron chi connectivity index (χ3n) is 7.46. The third-order valence-corrected chi connectivity index (χ3v) is 7.46. The highest BCUT2D eigenvalue weighted by Gasteiger charge is 2.47. The van der Waals surface area contributed by atoms with Crippen LogP contribution in [0.2, 0.25) is 0 Å². The number of hydrogen-bond acceptors (Lipinski definition) is 15. The molecule has 1 aromatic heterocycles. The van der Waals surface area contributed by atoms with E-state index in [1.54, 1.807) is 0 Å². The molecule has 1 fully saturated rings. The molecule has 0 amide bonds. The van der Waals surface area contributed by atoms with Crippen molar-refractivity contribution < 1.29 is 69.4 Å². The number of phenolic OH excluding ortho intramolecular Hbond substituents is 6. The molecule has 0 spiro atoms. The van der Waals surface area contributed by atoms with Crippen molar-refractivity contribution in [1.29, 1.82) is 0 Å². The average Bonchev–Trinajstić information content (AvgIpc) is 2.98. The number of esters is 1. The summed E-state index contributed by atoms with van der Waals surface area (Å²) in [5.74, 6) is -7.00. The lowest BCUT2D eigenvalue weighted by atomic mass is 9.81. The van der Waals surface area contributed by atoms with Crippen molar-refractivity contribution in [3.63, 3.8) is 0 Å². The Balaban J connectivity index is 1.62. The van der Waals surface area contributed by atoms with Crippen LogP contribution in [0.15, 0.2) is 51.7 Å². The molecule has 1 aliphatic carbocycles. The zero-order chi connectivity index (χ0) is 32.7. The maximum absolute atomic E-state index is 13.8. The van der Waals surface area contributed by atoms with Crippen molar-refractivity contribution in [2.75, 3.05) is 13.7 Å². The van der Waals surface area contributed by atoms with E-state index in [2.05, 4.69) is 0 Å². The summed E-state index contributed by atoms with van der Waals surface area (Å²) in [4.78, 5) is 26.9. The lowest BCUT2D eigenvalue weighted by Crippen LogP contribution is -2.57. The molecule has 9 N–H and O–H groups in total. The molecular weight excluding hydrogens is 600 g/mol. The minimum atomic E-state index is -1.88. The first-order valence-corrected chi connectivity index (χ1v) is 13.3. The highest BCUT2D eigenvalue weighted by atomic mass is 16.6. The van der Waals surface area contributed by atoms with E-state index in [4.69, 9.17) is 18.6 Å². The first-order valence-electron chi connectivity index (χ1n) is 13.3. The van der Waals surface area contributed by atoms with E-state index >= 15 is 0 Å². The maximum atomic E-state index is 13.8. The number of ether oxygens (including phenoxy) is 3. The Morgan fingerprint density at radius 1 is 0.867 bits per heavy atom. The molecule has 0 aliphatic heterocycles. The van der Waals surface area contributed by atoms with E-state index in [1.165, 1.54) is 13.2 Å². The van der Waals surface area contributed by atoms with E-state index in [1.807, 2.05) is 0 Å². The molecule has 0 bridgehead atoms. The number of aromatic hydroxyl groups is 6. The van der Waals surface area contributed by atoms with Crippen molar-refractivity contribution in [2.45, 2.75) is 30.8 Å². The second-order valence-electron chi connectivity index (χ2n) is 10.4. The van der Waals surface area contributed by atoms with Gasteiger partial charge < -0.3 is 64.6 Å². The maximum Gasteiger partial charge on any atom is 0.338 e. The van der Waals surface area contributed by atoms with Gasteiger partial charge in [-0.3, -0.25) is 4.79 Å². The van der Waals surface area contributed by atoms with Gasteiger partial charge in [-0.1, -0.05) is 0 Å². The summed E-state index contributed by atoms with van der Waals surface area (Å²) in [5, 5.41) is 91.7. The Hall–Kier alpha value is -5.38. The van der Waals surface area contributed by atoms with Crippen LogP contribution in [0.5, 0.6) is 46.0 Å². The number of rotatable bonds is 7. The Bertz CT molecular complexity index is 1810. The molecule has 15 heteroatoms. The van der Waals surface area contributed by atoms with Crippen molar-refractivity contribution in [2.24, 2.45) is 5.92 Å². The number of aliphatic hydroxyl groups is 3. The molecule has 238 valence electrons. The van der Waals surface area contributed by atoms with E-state index in [9.17, 15) is 55.5 Å². The molecule has 45 heavy (non-hydrogen) atoms. The van der Waals surface area contributed by atoms with Gasteiger partial charge in [-0.05, 0) is 36.8 Å². The van der Waals surface area contributed by atoms with Crippen molar-refractivity contribution in [3.05, 3.63) is 58.3 Å². The number of hydrogen-bond donors (Lipinski definition) is 9. The van der Waals surface area contributed by atoms with E-state index < -0.39 is 94.0 Å². The topological polar surface area (TPSA) is 257 Å². The Morgan fingerprint density at radius 3 is 2.18 bits per heavy atom. The molecule has 0 radical (unpaired) electrons. The summed E-state index contributed by atoms with van der Waals surface area (Å²) in [6, 6.07) is 7.13. The smallest absolute Gasteiger partial charge is 0.338 e. The van der Waals surface area contributed by atoms with E-state index in [0.717, 1.165) is 36.4 Å². The summed E-state index contributed by atoms with van der Waals surface area (Å²) in [6.45, 7) is -0.649. The third kappa shape index (κ3) is 5.66. The summed E-state index contributed by atoms with van der Waals surface area (Å²) in [5.41, 5.74) is -1.69. The fourth-order valence-corrected chi connectivity index (χ4v) is 5.21. The number of phenols is 6. The second kappa shape index (κ2) is 12.0. The molecular formula is C30H28O15. The minimum absolute atomic E-state index is 0.0186. The largest absolute Gasteiger partial charge is 0.508 e. The van der Waals surface area contributed by atoms with Gasteiger partial charge in [-0.25, -0.2) is 4.79 Å². The molecule has 0 saturated heterocycles. The van der Waals surface area contributed by atoms with Gasteiger partial charge in [0, 0.05) is 30.2 Å². The Kier molecular flexibility index (Phi) is 8.25. The fourth-order valence-electron chi connectivity index (χ4n) is 5.21. The molecule has 1 aliphatic rings. The molecule has 4 aromatic rings. The van der Waals surface area contributed by atoms with Crippen LogP contribution in [-0.2, 0) is 4.74 Å². The van der Waals surface area contributed by atoms with Gasteiger partial charge >= 0.3 is 5.97 Å². The van der Waals surface area contributed by atoms with Crippen LogP contribution < -0.4 is 14.9 Å². The number of carbonyl (C=O) groups is 1. The molecule has 1 saturated carbocycles. The summed E-state index contributed by atoms with van der Waals surface area (Å²) < 4.78 is 22.1. The molecule has 5 rings (SSSR count). The van der Waals surface area contributed by atoms with Crippen LogP contribution >= 0.6 is 0 Å². The first kappa shape index (κ1) is 31.1. The fraction of sp³-hybridized carbons (Fsp3) is 0.267. The highest BCUT2D eigenvalue weighted by Crippen LogP contribution is 2.41. The Labute approximate surface area is 252 Å². The van der Waals surface area contributed by atoms with Crippen LogP contribution in [0.4, 0.5) is 0 Å². The summed E-state index contributed by atoms with van der Waals surface area (Å²) in [7, 11) is 1.17. The Morgan fingerprint density at radius 2 is 1.56 bits per heavy atom. The van der Waals surface area contributed by atoms with Gasteiger partial charge in [0.05, 0.1) is 18.8 Å². The van der Waals surface area contributed by atoms with E-state index in [-0.39, 0.29) is 34.6 Å². The normalized spacial score (nSPS) is 21.4. The molecule has 1 heterocycles. The SMILES string of the molecule is COc1c(O)cc(C(=O)O[C@@H]2[C@@H](O)[C@@H](O)[C@@H](CO)C[C@@H]2Oc2c(-c3ccc(O)c(O)c3)oc3cc(O)cc(O)c3c2=O)cc1O. The zero-order valence-corrected chi connectivity index (χ0v) is 23.3. The second-order valence-corrected chi connectivity index (χ2v) is 10.4. The van der Waals surface area contributed by atoms with E-state index in [0.29, 0.717) is 0 Å². The quantitative estimate of drug-likeness (QED) is 0.104. The first-order chi connectivity index (χ1) is 21.3. The van der Waals surface area contributed by atoms with Gasteiger partial charge in [0.1, 0.15) is 34.7 Å². The summed E-state index contributed by atoms with van der Waals surface area (Å²) in [6.07, 6.45) is -7.02. The lowest BCUT2D eigenvalue weighted by molar-refractivity contribution is -0.159. The van der Waals surface area contributed by atoms with Crippen molar-refractivity contribution >= 4 is 16.9 Å². The van der Waals surface area contributed by atoms with Gasteiger partial charge in [-0.2, -0.15) is 0 Å². The number of fused-ring (bicyclic) bond motifs is 1. The average molecular weight is 629 g/mol. The van der Waals surface area contributed by atoms with Crippen LogP contribution in [0.25, 0.3) is 22.3 Å². The predicted octanol–water partition coefficient (Wildman–Crippen LogP) is 1.41. The predicted molar refractivity (Wildman–Crippen MR) is 152 cm³/mol. The number of carbonyl (C=O) groups excluding carboxylic acids is 1. The van der Waals surface area contributed by atoms with Gasteiger partial charge in [0.2, 0.25) is 16.9 Å². The highest BCUT2D eigenvalue weighted by molar-refractivity contribution is 5.91. The zero-order valence-electron chi connectivity index (χ0n) is 23.3. The summed E-state index contributed by atoms with van der Waals surface area (Å²) >= 11 is 0. The molecule has 0 unspecified atom stereocenters. The van der Waals surface area contributed by atoms with Crippen LogP contribution in [0.1, 0.15) is 16.8 Å². The number of benzene rings is 3. The number of aliphatic hydroxyl groups excluding tert-OH is 3. The van der Waals surface area contributed by atoms with Gasteiger partial charge in [0.25, 0.3) is 0 Å². The van der Waals surface area contributed by atoms with Crippen molar-refractivity contribution in [3.8, 4) is 57.3 Å². The molecule has 15 nitrogen and oxygen atoms in total. The lowest BCUT2D eigenvalue weighted by Gasteiger charge is -2.41. The van der Waals surface area contributed by atoms with Gasteiger partial charge in [0.15, 0.2) is 34.9 Å². The van der Waals surface area contributed by atoms with Gasteiger partial charge in [-0.15, -0.1) is 0 Å². The minimum Gasteiger partial charge on any atom is -0.508 e. The van der Waals surface area contributed by atoms with Crippen molar-refractivity contribution in [1.82, 2.24) is 0 Å². The van der Waals surface area contributed by atoms with Crippen LogP contribution in [-0.4, -0.2) is 90.1 Å². The standard InChI is InChI=1S/C30H28O15/c1-42-27-18(36)5-12(6-19(27)37)30(41)45-28-21(7-13(10-31)23(38)25(28)40)44-29-24(39)22-17(35)8-14(32)9-20(22)43-26(29)11-2-3-15(33)16(34)4-11/h2-6,8-9,13,21,23,25,28,31-38,40H,7,10H2,1H3/t13-,21+,23+,25+,28+/m1/s1. The van der Waals surface area contributed by atoms with Crippen LogP contribution in [0, 0.1) is 5.92 Å². The van der Waals surface area contributed by atoms with Crippen LogP contribution in [0.3, 0.4) is 0 Å². The monoisotopic (exact) mass is 628 g/mol. The molecule has 3 aromatic carbocycles. The molecule has 5 atom stereocenters.